The predicted octanol–water partition coefficient (Wildman–Crippen LogP) is 2.38. The predicted molar refractivity (Wildman–Crippen MR) is 77.2 cm³/mol. The van der Waals surface area contributed by atoms with Crippen molar-refractivity contribution in [3.05, 3.63) is 0 Å². The minimum absolute atomic E-state index is 0.266. The van der Waals surface area contributed by atoms with Crippen LogP contribution in [-0.4, -0.2) is 41.8 Å². The molecule has 0 aromatic rings. The average molecular weight is 274 g/mol. The van der Waals surface area contributed by atoms with Crippen molar-refractivity contribution in [2.24, 2.45) is 0 Å². The Morgan fingerprint density at radius 2 is 2.06 bits per heavy atom. The van der Waals surface area contributed by atoms with Crippen molar-refractivity contribution in [3.63, 3.8) is 0 Å². The lowest BCUT2D eigenvalue weighted by Crippen LogP contribution is -2.43. The van der Waals surface area contributed by atoms with Gasteiger partial charge in [0.2, 0.25) is 0 Å². The summed E-state index contributed by atoms with van der Waals surface area (Å²) in [7, 11) is 0. The third kappa shape index (κ3) is 5.96. The van der Waals surface area contributed by atoms with Gasteiger partial charge in [-0.25, -0.2) is 4.79 Å². The van der Waals surface area contributed by atoms with E-state index >= 15 is 0 Å². The molecule has 0 aromatic carbocycles. The molecule has 0 aromatic heterocycles. The number of hydrogen-bond acceptors (Lipinski definition) is 4. The van der Waals surface area contributed by atoms with Crippen molar-refractivity contribution in [2.75, 3.05) is 19.3 Å². The van der Waals surface area contributed by atoms with Crippen LogP contribution in [-0.2, 0) is 4.74 Å². The third-order valence-corrected chi connectivity index (χ3v) is 4.38. The molecule has 2 N–H and O–H groups in total. The van der Waals surface area contributed by atoms with Crippen LogP contribution >= 0.6 is 11.8 Å². The Labute approximate surface area is 115 Å². The number of thioether (sulfide) groups is 1. The molecular formula is C13H26N2O2S. The first-order chi connectivity index (χ1) is 8.26. The number of alkyl carbamates (subject to hydrolysis) is 1. The Morgan fingerprint density at radius 3 is 2.50 bits per heavy atom. The highest BCUT2D eigenvalue weighted by atomic mass is 32.2. The summed E-state index contributed by atoms with van der Waals surface area (Å²) in [6.45, 7) is 9.29. The van der Waals surface area contributed by atoms with E-state index in [2.05, 4.69) is 23.8 Å². The van der Waals surface area contributed by atoms with Gasteiger partial charge in [0, 0.05) is 23.9 Å². The molecule has 0 radical (unpaired) electrons. The second-order valence-corrected chi connectivity index (χ2v) is 7.33. The zero-order chi connectivity index (χ0) is 13.8. The third-order valence-electron chi connectivity index (χ3n) is 2.96. The Hall–Kier alpha value is -0.420. The first-order valence-electron chi connectivity index (χ1n) is 6.52. The largest absolute Gasteiger partial charge is 0.444 e. The molecule has 5 heteroatoms. The lowest BCUT2D eigenvalue weighted by Gasteiger charge is -2.22. The lowest BCUT2D eigenvalue weighted by molar-refractivity contribution is 0.0523. The summed E-state index contributed by atoms with van der Waals surface area (Å²) in [6.07, 6.45) is 4.42. The standard InChI is InChI=1S/C13H26N2O2S/c1-10(15-9-13(18-5)6-7-13)8-14-11(16)17-12(2,3)4/h10,15H,6-9H2,1-5H3,(H,14,16). The van der Waals surface area contributed by atoms with Crippen LogP contribution in [0, 0.1) is 0 Å². The van der Waals surface area contributed by atoms with Crippen molar-refractivity contribution in [2.45, 2.75) is 56.9 Å². The monoisotopic (exact) mass is 274 g/mol. The van der Waals surface area contributed by atoms with E-state index in [0.717, 1.165) is 6.54 Å². The molecule has 1 rings (SSSR count). The summed E-state index contributed by atoms with van der Waals surface area (Å²) in [5.41, 5.74) is -0.433. The second-order valence-electron chi connectivity index (χ2n) is 6.05. The zero-order valence-corrected chi connectivity index (χ0v) is 12.9. The Morgan fingerprint density at radius 1 is 1.44 bits per heavy atom. The van der Waals surface area contributed by atoms with E-state index in [-0.39, 0.29) is 12.1 Å². The van der Waals surface area contributed by atoms with Gasteiger partial charge in [-0.3, -0.25) is 0 Å². The summed E-state index contributed by atoms with van der Waals surface area (Å²) in [4.78, 5) is 11.5. The van der Waals surface area contributed by atoms with Gasteiger partial charge in [0.05, 0.1) is 0 Å². The maximum absolute atomic E-state index is 11.5. The molecule has 1 amide bonds. The fourth-order valence-corrected chi connectivity index (χ4v) is 2.31. The van der Waals surface area contributed by atoms with E-state index in [4.69, 9.17) is 4.74 Å². The summed E-state index contributed by atoms with van der Waals surface area (Å²) < 4.78 is 5.64. The minimum Gasteiger partial charge on any atom is -0.444 e. The molecule has 0 spiro atoms. The first kappa shape index (κ1) is 15.6. The Kier molecular flexibility index (Phi) is 5.34. The molecule has 0 saturated heterocycles. The quantitative estimate of drug-likeness (QED) is 0.781. The molecule has 0 bridgehead atoms. The van der Waals surface area contributed by atoms with Crippen LogP contribution in [0.4, 0.5) is 4.79 Å². The van der Waals surface area contributed by atoms with Crippen LogP contribution in [0.2, 0.25) is 0 Å². The Bertz CT molecular complexity index is 285. The van der Waals surface area contributed by atoms with E-state index in [1.807, 2.05) is 32.5 Å². The van der Waals surface area contributed by atoms with Crippen LogP contribution in [0.25, 0.3) is 0 Å². The van der Waals surface area contributed by atoms with Crippen molar-refractivity contribution >= 4 is 17.9 Å². The summed E-state index contributed by atoms with van der Waals surface area (Å²) in [6, 6.07) is 0.266. The highest BCUT2D eigenvalue weighted by molar-refractivity contribution is 8.00. The van der Waals surface area contributed by atoms with Gasteiger partial charge < -0.3 is 15.4 Å². The fraction of sp³-hybridized carbons (Fsp3) is 0.923. The molecule has 1 fully saturated rings. The zero-order valence-electron chi connectivity index (χ0n) is 12.1. The molecule has 18 heavy (non-hydrogen) atoms. The van der Waals surface area contributed by atoms with Gasteiger partial charge in [-0.2, -0.15) is 11.8 Å². The summed E-state index contributed by atoms with van der Waals surface area (Å²) >= 11 is 1.94. The van der Waals surface area contributed by atoms with E-state index in [1.165, 1.54) is 12.8 Å². The second kappa shape index (κ2) is 6.15. The van der Waals surface area contributed by atoms with Crippen molar-refractivity contribution in [3.8, 4) is 0 Å². The average Bonchev–Trinajstić information content (AvgIpc) is 3.02. The van der Waals surface area contributed by atoms with Gasteiger partial charge in [0.25, 0.3) is 0 Å². The molecule has 1 aliphatic rings. The van der Waals surface area contributed by atoms with Crippen molar-refractivity contribution in [1.82, 2.24) is 10.6 Å². The van der Waals surface area contributed by atoms with Gasteiger partial charge >= 0.3 is 6.09 Å². The molecule has 1 saturated carbocycles. The SMILES string of the molecule is CSC1(CNC(C)CNC(=O)OC(C)(C)C)CC1. The number of carbonyl (C=O) groups is 1. The maximum Gasteiger partial charge on any atom is 0.407 e. The topological polar surface area (TPSA) is 50.4 Å². The van der Waals surface area contributed by atoms with Gasteiger partial charge in [0.15, 0.2) is 0 Å². The molecule has 1 aliphatic carbocycles. The van der Waals surface area contributed by atoms with Crippen LogP contribution in [0.15, 0.2) is 0 Å². The van der Waals surface area contributed by atoms with E-state index in [0.29, 0.717) is 11.3 Å². The lowest BCUT2D eigenvalue weighted by atomic mass is 10.2. The molecule has 4 nitrogen and oxygen atoms in total. The molecule has 0 aliphatic heterocycles. The number of carbonyl (C=O) groups excluding carboxylic acids is 1. The van der Waals surface area contributed by atoms with Gasteiger partial charge in [-0.15, -0.1) is 0 Å². The summed E-state index contributed by atoms with van der Waals surface area (Å²) in [5, 5.41) is 6.25. The number of nitrogens with one attached hydrogen (secondary N) is 2. The van der Waals surface area contributed by atoms with E-state index in [1.54, 1.807) is 0 Å². The molecule has 1 unspecified atom stereocenters. The van der Waals surface area contributed by atoms with Crippen LogP contribution in [0.3, 0.4) is 0 Å². The van der Waals surface area contributed by atoms with Crippen molar-refractivity contribution < 1.29 is 9.53 Å². The normalized spacial score (nSPS) is 19.2. The van der Waals surface area contributed by atoms with Gasteiger partial charge in [-0.1, -0.05) is 0 Å². The highest BCUT2D eigenvalue weighted by Gasteiger charge is 2.41. The van der Waals surface area contributed by atoms with Crippen LogP contribution in [0.5, 0.6) is 0 Å². The minimum atomic E-state index is -0.433. The summed E-state index contributed by atoms with van der Waals surface area (Å²) in [5.74, 6) is 0. The maximum atomic E-state index is 11.5. The number of rotatable bonds is 6. The smallest absolute Gasteiger partial charge is 0.407 e. The fourth-order valence-electron chi connectivity index (χ4n) is 1.58. The van der Waals surface area contributed by atoms with Crippen LogP contribution in [0.1, 0.15) is 40.5 Å². The van der Waals surface area contributed by atoms with E-state index in [9.17, 15) is 4.79 Å². The first-order valence-corrected chi connectivity index (χ1v) is 7.74. The molecule has 106 valence electrons. The number of amides is 1. The van der Waals surface area contributed by atoms with Crippen molar-refractivity contribution in [1.29, 1.82) is 0 Å². The van der Waals surface area contributed by atoms with Gasteiger partial charge in [-0.05, 0) is 46.8 Å². The van der Waals surface area contributed by atoms with Crippen LogP contribution < -0.4 is 10.6 Å². The Balaban J connectivity index is 2.13. The number of hydrogen-bond donors (Lipinski definition) is 2. The number of ether oxygens (including phenoxy) is 1. The highest BCUT2D eigenvalue weighted by Crippen LogP contribution is 2.46. The van der Waals surface area contributed by atoms with E-state index < -0.39 is 5.60 Å². The molecular weight excluding hydrogens is 248 g/mol. The molecule has 0 heterocycles. The molecule has 1 atom stereocenters. The van der Waals surface area contributed by atoms with Gasteiger partial charge in [0.1, 0.15) is 5.60 Å².